The molecule has 1 aliphatic heterocycles. The first-order valence-corrected chi connectivity index (χ1v) is 8.83. The Morgan fingerprint density at radius 1 is 1.24 bits per heavy atom. The molecule has 7 heteroatoms. The molecule has 6 nitrogen and oxygen atoms in total. The molecular weight excluding hydrogens is 290 g/mol. The number of aromatic amines is 2. The first-order valence-electron chi connectivity index (χ1n) is 7.12. The standard InChI is InChI=1S/C14H19N3O3S/c1-15-13(12-4-2-3-7-21(12,19)20)9-5-6-10-11(8-9)17-14(18)16-10/h5-6,8,12-13,15H,2-4,7H2,1H3,(H2,16,17,18). The number of imidazole rings is 1. The monoisotopic (exact) mass is 309 g/mol. The molecule has 2 unspecified atom stereocenters. The normalized spacial score (nSPS) is 23.2. The molecule has 2 aromatic rings. The van der Waals surface area contributed by atoms with Crippen molar-refractivity contribution in [1.29, 1.82) is 0 Å². The van der Waals surface area contributed by atoms with Crippen LogP contribution in [0.1, 0.15) is 30.9 Å². The van der Waals surface area contributed by atoms with E-state index in [-0.39, 0.29) is 17.5 Å². The Kier molecular flexibility index (Phi) is 3.62. The number of hydrogen-bond acceptors (Lipinski definition) is 4. The molecule has 114 valence electrons. The van der Waals surface area contributed by atoms with Gasteiger partial charge in [0.05, 0.1) is 22.0 Å². The van der Waals surface area contributed by atoms with Crippen molar-refractivity contribution < 1.29 is 8.42 Å². The molecule has 1 aromatic heterocycles. The van der Waals surface area contributed by atoms with Gasteiger partial charge in [0.25, 0.3) is 0 Å². The van der Waals surface area contributed by atoms with Crippen molar-refractivity contribution in [1.82, 2.24) is 15.3 Å². The molecule has 0 radical (unpaired) electrons. The second-order valence-electron chi connectivity index (χ2n) is 5.55. The van der Waals surface area contributed by atoms with Gasteiger partial charge >= 0.3 is 5.69 Å². The third-order valence-corrected chi connectivity index (χ3v) is 6.50. The van der Waals surface area contributed by atoms with Crippen molar-refractivity contribution in [3.8, 4) is 0 Å². The summed E-state index contributed by atoms with van der Waals surface area (Å²) >= 11 is 0. The minimum atomic E-state index is -3.07. The van der Waals surface area contributed by atoms with E-state index >= 15 is 0 Å². The topological polar surface area (TPSA) is 94.8 Å². The number of nitrogens with one attached hydrogen (secondary N) is 3. The lowest BCUT2D eigenvalue weighted by Gasteiger charge is -2.30. The van der Waals surface area contributed by atoms with Crippen molar-refractivity contribution in [3.05, 3.63) is 34.2 Å². The number of aromatic nitrogens is 2. The predicted octanol–water partition coefficient (Wildman–Crippen LogP) is 1.08. The molecule has 1 aliphatic rings. The highest BCUT2D eigenvalue weighted by atomic mass is 32.2. The van der Waals surface area contributed by atoms with Crippen LogP contribution >= 0.6 is 0 Å². The number of rotatable bonds is 3. The summed E-state index contributed by atoms with van der Waals surface area (Å²) in [6.45, 7) is 0. The predicted molar refractivity (Wildman–Crippen MR) is 82.1 cm³/mol. The Morgan fingerprint density at radius 3 is 2.71 bits per heavy atom. The van der Waals surface area contributed by atoms with Crippen LogP contribution in [0.25, 0.3) is 11.0 Å². The van der Waals surface area contributed by atoms with Crippen molar-refractivity contribution >= 4 is 20.9 Å². The smallest absolute Gasteiger partial charge is 0.312 e. The summed E-state index contributed by atoms with van der Waals surface area (Å²) in [6.07, 6.45) is 2.36. The fraction of sp³-hybridized carbons (Fsp3) is 0.500. The average molecular weight is 309 g/mol. The van der Waals surface area contributed by atoms with Gasteiger partial charge < -0.3 is 15.3 Å². The Hall–Kier alpha value is -1.60. The third kappa shape index (κ3) is 2.63. The maximum atomic E-state index is 12.3. The molecule has 3 rings (SSSR count). The summed E-state index contributed by atoms with van der Waals surface area (Å²) in [5, 5.41) is 2.73. The lowest BCUT2D eigenvalue weighted by molar-refractivity contribution is 0.469. The van der Waals surface area contributed by atoms with Crippen molar-refractivity contribution in [2.75, 3.05) is 12.8 Å². The van der Waals surface area contributed by atoms with Crippen LogP contribution in [-0.4, -0.2) is 36.4 Å². The van der Waals surface area contributed by atoms with Crippen LogP contribution in [0.3, 0.4) is 0 Å². The van der Waals surface area contributed by atoms with E-state index in [1.807, 2.05) is 18.2 Å². The molecule has 0 amide bonds. The molecule has 2 heterocycles. The van der Waals surface area contributed by atoms with Crippen molar-refractivity contribution in [2.24, 2.45) is 0 Å². The van der Waals surface area contributed by atoms with Crippen LogP contribution in [0.2, 0.25) is 0 Å². The van der Waals surface area contributed by atoms with Gasteiger partial charge in [-0.2, -0.15) is 0 Å². The Balaban J connectivity index is 2.02. The number of fused-ring (bicyclic) bond motifs is 1. The van der Waals surface area contributed by atoms with Crippen LogP contribution < -0.4 is 11.0 Å². The van der Waals surface area contributed by atoms with E-state index in [1.54, 1.807) is 7.05 Å². The van der Waals surface area contributed by atoms with Crippen LogP contribution in [0.15, 0.2) is 23.0 Å². The minimum Gasteiger partial charge on any atom is -0.312 e. The molecule has 2 atom stereocenters. The fourth-order valence-electron chi connectivity index (χ4n) is 3.16. The summed E-state index contributed by atoms with van der Waals surface area (Å²) in [6, 6.07) is 5.27. The van der Waals surface area contributed by atoms with Gasteiger partial charge in [0.1, 0.15) is 0 Å². The first-order chi connectivity index (χ1) is 10.0. The zero-order chi connectivity index (χ0) is 15.0. The van der Waals surface area contributed by atoms with Gasteiger partial charge in [0.15, 0.2) is 9.84 Å². The molecule has 0 spiro atoms. The van der Waals surface area contributed by atoms with Gasteiger partial charge in [-0.1, -0.05) is 12.5 Å². The summed E-state index contributed by atoms with van der Waals surface area (Å²) in [5.41, 5.74) is 2.06. The molecular formula is C14H19N3O3S. The van der Waals surface area contributed by atoms with Crippen LogP contribution in [0.4, 0.5) is 0 Å². The van der Waals surface area contributed by atoms with Gasteiger partial charge in [-0.25, -0.2) is 13.2 Å². The molecule has 21 heavy (non-hydrogen) atoms. The van der Waals surface area contributed by atoms with Gasteiger partial charge in [0, 0.05) is 6.04 Å². The lowest BCUT2D eigenvalue weighted by Crippen LogP contribution is -2.39. The zero-order valence-corrected chi connectivity index (χ0v) is 12.7. The molecule has 1 aromatic carbocycles. The number of benzene rings is 1. The molecule has 1 fully saturated rings. The highest BCUT2D eigenvalue weighted by Gasteiger charge is 2.35. The van der Waals surface area contributed by atoms with Crippen LogP contribution in [-0.2, 0) is 9.84 Å². The molecule has 0 bridgehead atoms. The second kappa shape index (κ2) is 5.31. The summed E-state index contributed by atoms with van der Waals surface area (Å²) in [5.74, 6) is 0.263. The molecule has 3 N–H and O–H groups in total. The van der Waals surface area contributed by atoms with E-state index < -0.39 is 15.1 Å². The van der Waals surface area contributed by atoms with E-state index in [0.717, 1.165) is 23.9 Å². The highest BCUT2D eigenvalue weighted by Crippen LogP contribution is 2.31. The van der Waals surface area contributed by atoms with Crippen LogP contribution in [0, 0.1) is 0 Å². The SMILES string of the molecule is CNC(c1ccc2[nH]c(=O)[nH]c2c1)C1CCCCS1(=O)=O. The second-order valence-corrected chi connectivity index (χ2v) is 7.89. The zero-order valence-electron chi connectivity index (χ0n) is 11.8. The average Bonchev–Trinajstić information content (AvgIpc) is 2.80. The van der Waals surface area contributed by atoms with E-state index in [2.05, 4.69) is 15.3 Å². The van der Waals surface area contributed by atoms with E-state index in [9.17, 15) is 13.2 Å². The first kappa shape index (κ1) is 14.3. The molecule has 0 saturated carbocycles. The van der Waals surface area contributed by atoms with Gasteiger partial charge in [0.2, 0.25) is 0 Å². The maximum absolute atomic E-state index is 12.3. The maximum Gasteiger partial charge on any atom is 0.323 e. The van der Waals surface area contributed by atoms with Crippen molar-refractivity contribution in [2.45, 2.75) is 30.6 Å². The van der Waals surface area contributed by atoms with E-state index in [0.29, 0.717) is 11.9 Å². The largest absolute Gasteiger partial charge is 0.323 e. The van der Waals surface area contributed by atoms with E-state index in [1.165, 1.54) is 0 Å². The Labute approximate surface area is 122 Å². The lowest BCUT2D eigenvalue weighted by atomic mass is 9.99. The number of sulfone groups is 1. The van der Waals surface area contributed by atoms with Crippen LogP contribution in [0.5, 0.6) is 0 Å². The summed E-state index contributed by atoms with van der Waals surface area (Å²) in [4.78, 5) is 16.7. The van der Waals surface area contributed by atoms with E-state index in [4.69, 9.17) is 0 Å². The summed E-state index contributed by atoms with van der Waals surface area (Å²) in [7, 11) is -1.30. The van der Waals surface area contributed by atoms with Crippen molar-refractivity contribution in [3.63, 3.8) is 0 Å². The quantitative estimate of drug-likeness (QED) is 0.791. The molecule has 1 saturated heterocycles. The highest BCUT2D eigenvalue weighted by molar-refractivity contribution is 7.92. The van der Waals surface area contributed by atoms with Gasteiger partial charge in [-0.05, 0) is 37.6 Å². The summed E-state index contributed by atoms with van der Waals surface area (Å²) < 4.78 is 24.6. The molecule has 0 aliphatic carbocycles. The number of H-pyrrole nitrogens is 2. The number of hydrogen-bond donors (Lipinski definition) is 3. The van der Waals surface area contributed by atoms with Gasteiger partial charge in [-0.3, -0.25) is 0 Å². The third-order valence-electron chi connectivity index (χ3n) is 4.21. The Morgan fingerprint density at radius 2 is 2.00 bits per heavy atom. The Bertz CT molecular complexity index is 806. The minimum absolute atomic E-state index is 0.252. The van der Waals surface area contributed by atoms with Gasteiger partial charge in [-0.15, -0.1) is 0 Å². The fourth-order valence-corrected chi connectivity index (χ4v) is 5.31.